The second kappa shape index (κ2) is 6.07. The Kier molecular flexibility index (Phi) is 5.83. The number of thioether (sulfide) groups is 1. The first-order valence-electron chi connectivity index (χ1n) is 3.32. The molecule has 0 saturated heterocycles. The van der Waals surface area contributed by atoms with E-state index in [1.165, 1.54) is 0 Å². The van der Waals surface area contributed by atoms with Crippen molar-refractivity contribution in [3.05, 3.63) is 4.91 Å². The van der Waals surface area contributed by atoms with Crippen molar-refractivity contribution in [3.8, 4) is 0 Å². The molecule has 0 heterocycles. The molecule has 0 aliphatic carbocycles. The van der Waals surface area contributed by atoms with Crippen molar-refractivity contribution in [3.63, 3.8) is 0 Å². The normalized spacial score (nSPS) is 11.8. The van der Waals surface area contributed by atoms with Crippen molar-refractivity contribution >= 4 is 34.3 Å². The zero-order valence-electron chi connectivity index (χ0n) is 6.77. The lowest BCUT2D eigenvalue weighted by atomic mass is 10.5. The summed E-state index contributed by atoms with van der Waals surface area (Å²) in [6.45, 7) is 3.80. The van der Waals surface area contributed by atoms with E-state index in [1.807, 2.05) is 0 Å². The maximum absolute atomic E-state index is 10.6. The second-order valence-electron chi connectivity index (χ2n) is 1.87. The number of carbonyl (C=O) groups is 1. The van der Waals surface area contributed by atoms with Gasteiger partial charge >= 0.3 is 0 Å². The quantitative estimate of drug-likeness (QED) is 0.521. The molecule has 6 heteroatoms. The van der Waals surface area contributed by atoms with E-state index >= 15 is 0 Å². The van der Waals surface area contributed by atoms with Crippen molar-refractivity contribution in [1.82, 2.24) is 0 Å². The third-order valence-corrected chi connectivity index (χ3v) is 2.24. The summed E-state index contributed by atoms with van der Waals surface area (Å²) >= 11 is 5.76. The van der Waals surface area contributed by atoms with Crippen LogP contribution in [0.3, 0.4) is 0 Å². The molecule has 0 radical (unpaired) electrons. The fourth-order valence-electron chi connectivity index (χ4n) is 0.421. The average molecular weight is 207 g/mol. The molecule has 68 valence electrons. The Morgan fingerprint density at radius 2 is 2.33 bits per heavy atom. The van der Waals surface area contributed by atoms with E-state index < -0.39 is 11.2 Å². The van der Waals surface area contributed by atoms with Gasteiger partial charge in [-0.05, 0) is 26.1 Å². The minimum Gasteiger partial charge on any atom is -0.479 e. The van der Waals surface area contributed by atoms with E-state index in [1.54, 1.807) is 13.8 Å². The van der Waals surface area contributed by atoms with Crippen LogP contribution in [-0.2, 0) is 9.53 Å². The third-order valence-electron chi connectivity index (χ3n) is 0.973. The average Bonchev–Trinajstić information content (AvgIpc) is 2.03. The van der Waals surface area contributed by atoms with Gasteiger partial charge < -0.3 is 4.74 Å². The third kappa shape index (κ3) is 4.40. The minimum absolute atomic E-state index is 0.266. The van der Waals surface area contributed by atoms with Crippen LogP contribution < -0.4 is 0 Å². The standard InChI is InChI=1S/C6H9NO3S2/c1-3-10-6(11)12-4(2)5(8)7-9/h4H,3H2,1-2H3. The summed E-state index contributed by atoms with van der Waals surface area (Å²) in [5, 5.41) is 1.72. The summed E-state index contributed by atoms with van der Waals surface area (Å²) < 4.78 is 5.17. The minimum atomic E-state index is -0.720. The molecule has 0 fully saturated rings. The van der Waals surface area contributed by atoms with E-state index in [9.17, 15) is 9.70 Å². The number of rotatable bonds is 3. The molecule has 0 N–H and O–H groups in total. The van der Waals surface area contributed by atoms with E-state index in [0.29, 0.717) is 6.61 Å². The number of ether oxygens (including phenoxy) is 1. The second-order valence-corrected chi connectivity index (χ2v) is 3.82. The molecule has 1 amide bonds. The SMILES string of the molecule is CCOC(=S)SC(C)C(=O)N=O. The molecular formula is C6H9NO3S2. The van der Waals surface area contributed by atoms with E-state index in [2.05, 4.69) is 5.18 Å². The van der Waals surface area contributed by atoms with Crippen molar-refractivity contribution in [2.75, 3.05) is 6.61 Å². The van der Waals surface area contributed by atoms with Crippen molar-refractivity contribution < 1.29 is 9.53 Å². The van der Waals surface area contributed by atoms with Crippen molar-refractivity contribution in [1.29, 1.82) is 0 Å². The van der Waals surface area contributed by atoms with Crippen LogP contribution in [-0.4, -0.2) is 22.1 Å². The zero-order chi connectivity index (χ0) is 9.56. The van der Waals surface area contributed by atoms with E-state index in [4.69, 9.17) is 17.0 Å². The Morgan fingerprint density at radius 3 is 2.75 bits per heavy atom. The van der Waals surface area contributed by atoms with Crippen molar-refractivity contribution in [2.45, 2.75) is 19.1 Å². The van der Waals surface area contributed by atoms with Crippen LogP contribution in [0.15, 0.2) is 5.18 Å². The molecule has 12 heavy (non-hydrogen) atoms. The summed E-state index contributed by atoms with van der Waals surface area (Å²) in [5.41, 5.74) is 0. The lowest BCUT2D eigenvalue weighted by Crippen LogP contribution is -2.13. The molecule has 0 aliphatic rings. The Labute approximate surface area is 80.0 Å². The van der Waals surface area contributed by atoms with Crippen LogP contribution in [0.4, 0.5) is 0 Å². The fourth-order valence-corrected chi connectivity index (χ4v) is 1.59. The highest BCUT2D eigenvalue weighted by atomic mass is 32.2. The van der Waals surface area contributed by atoms with Gasteiger partial charge in [-0.25, -0.2) is 0 Å². The van der Waals surface area contributed by atoms with Crippen LogP contribution in [0.1, 0.15) is 13.8 Å². The molecule has 0 bridgehead atoms. The van der Waals surface area contributed by atoms with Gasteiger partial charge in [0, 0.05) is 5.18 Å². The first kappa shape index (κ1) is 11.5. The molecule has 1 atom stereocenters. The van der Waals surface area contributed by atoms with Gasteiger partial charge in [0.2, 0.25) is 4.38 Å². The van der Waals surface area contributed by atoms with Gasteiger partial charge in [-0.15, -0.1) is 4.91 Å². The molecule has 0 aromatic rings. The van der Waals surface area contributed by atoms with Crippen LogP contribution in [0, 0.1) is 4.91 Å². The number of hydrogen-bond donors (Lipinski definition) is 0. The molecule has 0 aromatic carbocycles. The number of amides is 1. The highest BCUT2D eigenvalue weighted by Crippen LogP contribution is 2.14. The van der Waals surface area contributed by atoms with Gasteiger partial charge in [0.1, 0.15) is 0 Å². The fraction of sp³-hybridized carbons (Fsp3) is 0.667. The van der Waals surface area contributed by atoms with Gasteiger partial charge in [0.05, 0.1) is 11.9 Å². The summed E-state index contributed by atoms with van der Waals surface area (Å²) in [5.74, 6) is -0.720. The Morgan fingerprint density at radius 1 is 1.75 bits per heavy atom. The number of carbonyl (C=O) groups excluding carboxylic acids is 1. The molecule has 0 saturated carbocycles. The number of nitrogens with zero attached hydrogens (tertiary/aromatic N) is 1. The van der Waals surface area contributed by atoms with Gasteiger partial charge in [0.25, 0.3) is 5.91 Å². The maximum Gasteiger partial charge on any atom is 0.299 e. The van der Waals surface area contributed by atoms with Gasteiger partial charge in [-0.1, -0.05) is 11.8 Å². The van der Waals surface area contributed by atoms with Gasteiger partial charge in [-0.2, -0.15) is 0 Å². The van der Waals surface area contributed by atoms with Gasteiger partial charge in [0.15, 0.2) is 0 Å². The van der Waals surface area contributed by atoms with Crippen LogP contribution in [0.2, 0.25) is 0 Å². The molecule has 0 aliphatic heterocycles. The molecule has 0 spiro atoms. The van der Waals surface area contributed by atoms with Crippen LogP contribution >= 0.6 is 24.0 Å². The predicted octanol–water partition coefficient (Wildman–Crippen LogP) is 1.72. The molecule has 4 nitrogen and oxygen atoms in total. The smallest absolute Gasteiger partial charge is 0.299 e. The van der Waals surface area contributed by atoms with E-state index in [0.717, 1.165) is 11.8 Å². The Hall–Kier alpha value is -0.490. The van der Waals surface area contributed by atoms with Crippen LogP contribution in [0.5, 0.6) is 0 Å². The molecule has 1 unspecified atom stereocenters. The highest BCUT2D eigenvalue weighted by Gasteiger charge is 2.16. The van der Waals surface area contributed by atoms with Crippen molar-refractivity contribution in [2.24, 2.45) is 5.18 Å². The molecular weight excluding hydrogens is 198 g/mol. The summed E-state index contributed by atoms with van der Waals surface area (Å²) in [4.78, 5) is 20.4. The Balaban J connectivity index is 3.83. The lowest BCUT2D eigenvalue weighted by molar-refractivity contribution is -0.117. The number of hydrogen-bond acceptors (Lipinski definition) is 5. The predicted molar refractivity (Wildman–Crippen MR) is 52.1 cm³/mol. The summed E-state index contributed by atoms with van der Waals surface area (Å²) in [6, 6.07) is 0. The topological polar surface area (TPSA) is 55.7 Å². The first-order chi connectivity index (χ1) is 5.61. The lowest BCUT2D eigenvalue weighted by Gasteiger charge is -2.06. The monoisotopic (exact) mass is 207 g/mol. The first-order valence-corrected chi connectivity index (χ1v) is 4.61. The van der Waals surface area contributed by atoms with Crippen LogP contribution in [0.25, 0.3) is 0 Å². The largest absolute Gasteiger partial charge is 0.479 e. The van der Waals surface area contributed by atoms with E-state index in [-0.39, 0.29) is 4.38 Å². The number of thiocarbonyl (C=S) groups is 1. The number of nitroso groups, excluding NO2 is 1. The van der Waals surface area contributed by atoms with Gasteiger partial charge in [-0.3, -0.25) is 4.79 Å². The maximum atomic E-state index is 10.6. The zero-order valence-corrected chi connectivity index (χ0v) is 8.41. The molecule has 0 rings (SSSR count). The summed E-state index contributed by atoms with van der Waals surface area (Å²) in [6.07, 6.45) is 0. The Bertz CT molecular complexity index is 195. The molecule has 0 aromatic heterocycles. The summed E-state index contributed by atoms with van der Waals surface area (Å²) in [7, 11) is 0. The highest BCUT2D eigenvalue weighted by molar-refractivity contribution is 8.23.